The third kappa shape index (κ3) is 3.01. The van der Waals surface area contributed by atoms with Crippen molar-refractivity contribution in [3.05, 3.63) is 65.4 Å². The number of rotatable bonds is 3. The number of carbonyl (C=O) groups is 1. The van der Waals surface area contributed by atoms with E-state index in [9.17, 15) is 13.2 Å². The molecule has 0 saturated carbocycles. The fourth-order valence-corrected chi connectivity index (χ4v) is 4.91. The lowest BCUT2D eigenvalue weighted by Crippen LogP contribution is -2.43. The van der Waals surface area contributed by atoms with Crippen molar-refractivity contribution in [1.29, 1.82) is 0 Å². The summed E-state index contributed by atoms with van der Waals surface area (Å²) in [5, 5.41) is 0. The number of hydrogen-bond acceptors (Lipinski definition) is 4. The lowest BCUT2D eigenvalue weighted by molar-refractivity contribution is 0.0996. The number of ketones is 1. The standard InChI is InChI=1S/C20H22N2O3S/c1-14(2)22-18(13-15-9-11-16(12-10-15)21(3)4)20(23)17-7-5-6-8-19(17)26(22,24)25/h5-14H,1-4H3/b18-13-. The highest BCUT2D eigenvalue weighted by atomic mass is 32.2. The van der Waals surface area contributed by atoms with Gasteiger partial charge in [-0.3, -0.25) is 9.10 Å². The summed E-state index contributed by atoms with van der Waals surface area (Å²) in [6, 6.07) is 13.6. The van der Waals surface area contributed by atoms with Crippen LogP contribution < -0.4 is 4.90 Å². The predicted molar refractivity (Wildman–Crippen MR) is 104 cm³/mol. The first-order chi connectivity index (χ1) is 12.2. The Bertz CT molecular complexity index is 974. The number of carbonyl (C=O) groups excluding carboxylic acids is 1. The molecule has 3 rings (SSSR count). The van der Waals surface area contributed by atoms with E-state index in [1.54, 1.807) is 38.1 Å². The molecular weight excluding hydrogens is 348 g/mol. The van der Waals surface area contributed by atoms with Gasteiger partial charge in [0.15, 0.2) is 0 Å². The molecule has 2 aromatic rings. The van der Waals surface area contributed by atoms with Crippen LogP contribution >= 0.6 is 0 Å². The molecule has 0 spiro atoms. The van der Waals surface area contributed by atoms with E-state index in [0.29, 0.717) is 0 Å². The van der Waals surface area contributed by atoms with Gasteiger partial charge in [0.05, 0.1) is 4.90 Å². The summed E-state index contributed by atoms with van der Waals surface area (Å²) in [5.74, 6) is -0.277. The van der Waals surface area contributed by atoms with E-state index in [2.05, 4.69) is 0 Å². The summed E-state index contributed by atoms with van der Waals surface area (Å²) in [7, 11) is 0.123. The molecule has 5 nitrogen and oxygen atoms in total. The molecular formula is C20H22N2O3S. The van der Waals surface area contributed by atoms with Gasteiger partial charge in [0, 0.05) is 31.4 Å². The Morgan fingerprint density at radius 3 is 2.19 bits per heavy atom. The summed E-state index contributed by atoms with van der Waals surface area (Å²) in [6.45, 7) is 3.53. The molecule has 0 bridgehead atoms. The average molecular weight is 370 g/mol. The van der Waals surface area contributed by atoms with Crippen molar-refractivity contribution >= 4 is 27.6 Å². The number of fused-ring (bicyclic) bond motifs is 1. The van der Waals surface area contributed by atoms with Gasteiger partial charge in [0.25, 0.3) is 10.0 Å². The van der Waals surface area contributed by atoms with E-state index in [1.807, 2.05) is 43.3 Å². The molecule has 0 N–H and O–H groups in total. The SMILES string of the molecule is CC(C)N1/C(=C\c2ccc(N(C)C)cc2)C(=O)c2ccccc2S1(=O)=O. The van der Waals surface area contributed by atoms with Crippen LogP contribution in [0.4, 0.5) is 5.69 Å². The maximum atomic E-state index is 13.1. The fraction of sp³-hybridized carbons (Fsp3) is 0.250. The van der Waals surface area contributed by atoms with Gasteiger partial charge in [0.2, 0.25) is 5.78 Å². The number of anilines is 1. The Labute approximate surface area is 154 Å². The van der Waals surface area contributed by atoms with Crippen LogP contribution in [0.5, 0.6) is 0 Å². The number of Topliss-reactive ketones (excluding diaryl/α,β-unsaturated/α-hetero) is 1. The molecule has 0 atom stereocenters. The molecule has 0 aliphatic carbocycles. The van der Waals surface area contributed by atoms with Gasteiger partial charge in [-0.1, -0.05) is 24.3 Å². The van der Waals surface area contributed by atoms with Crippen molar-refractivity contribution in [2.24, 2.45) is 0 Å². The molecule has 0 aromatic heterocycles. The van der Waals surface area contributed by atoms with Crippen LogP contribution in [0.25, 0.3) is 6.08 Å². The Balaban J connectivity index is 2.17. The van der Waals surface area contributed by atoms with Gasteiger partial charge >= 0.3 is 0 Å². The summed E-state index contributed by atoms with van der Waals surface area (Å²) < 4.78 is 27.3. The van der Waals surface area contributed by atoms with Gasteiger partial charge < -0.3 is 4.90 Å². The van der Waals surface area contributed by atoms with Crippen LogP contribution in [0.2, 0.25) is 0 Å². The summed E-state index contributed by atoms with van der Waals surface area (Å²) >= 11 is 0. The van der Waals surface area contributed by atoms with Crippen molar-refractivity contribution in [3.63, 3.8) is 0 Å². The number of nitrogens with zero attached hydrogens (tertiary/aromatic N) is 2. The minimum atomic E-state index is -3.77. The van der Waals surface area contributed by atoms with E-state index in [4.69, 9.17) is 0 Å². The molecule has 1 aliphatic rings. The predicted octanol–water partition coefficient (Wildman–Crippen LogP) is 3.39. The lowest BCUT2D eigenvalue weighted by atomic mass is 10.0. The van der Waals surface area contributed by atoms with E-state index in [0.717, 1.165) is 11.3 Å². The molecule has 136 valence electrons. The molecule has 0 fully saturated rings. The van der Waals surface area contributed by atoms with Crippen LogP contribution in [-0.2, 0) is 10.0 Å². The van der Waals surface area contributed by atoms with Gasteiger partial charge in [-0.2, -0.15) is 0 Å². The third-order valence-corrected chi connectivity index (χ3v) is 6.37. The number of benzene rings is 2. The van der Waals surface area contributed by atoms with Gasteiger partial charge in [-0.05, 0) is 49.8 Å². The van der Waals surface area contributed by atoms with Gasteiger partial charge in [0.1, 0.15) is 5.70 Å². The maximum absolute atomic E-state index is 13.1. The molecule has 1 aliphatic heterocycles. The first-order valence-corrected chi connectivity index (χ1v) is 9.84. The van der Waals surface area contributed by atoms with Crippen LogP contribution in [0.15, 0.2) is 59.1 Å². The van der Waals surface area contributed by atoms with Crippen molar-refractivity contribution in [2.75, 3.05) is 19.0 Å². The minimum Gasteiger partial charge on any atom is -0.378 e. The Morgan fingerprint density at radius 2 is 1.62 bits per heavy atom. The average Bonchev–Trinajstić information content (AvgIpc) is 2.59. The topological polar surface area (TPSA) is 57.7 Å². The molecule has 0 unspecified atom stereocenters. The highest BCUT2D eigenvalue weighted by Gasteiger charge is 2.40. The zero-order chi connectivity index (χ0) is 19.1. The molecule has 2 aromatic carbocycles. The highest BCUT2D eigenvalue weighted by molar-refractivity contribution is 7.89. The second-order valence-corrected chi connectivity index (χ2v) is 8.52. The van der Waals surface area contributed by atoms with E-state index in [1.165, 1.54) is 10.4 Å². The number of hydrogen-bond donors (Lipinski definition) is 0. The minimum absolute atomic E-state index is 0.0683. The highest BCUT2D eigenvalue weighted by Crippen LogP contribution is 2.34. The van der Waals surface area contributed by atoms with Crippen LogP contribution in [0.1, 0.15) is 29.8 Å². The van der Waals surface area contributed by atoms with E-state index >= 15 is 0 Å². The van der Waals surface area contributed by atoms with Crippen molar-refractivity contribution in [3.8, 4) is 0 Å². The molecule has 26 heavy (non-hydrogen) atoms. The van der Waals surface area contributed by atoms with Crippen LogP contribution in [0.3, 0.4) is 0 Å². The zero-order valence-electron chi connectivity index (χ0n) is 15.3. The van der Waals surface area contributed by atoms with Crippen molar-refractivity contribution in [1.82, 2.24) is 4.31 Å². The second kappa shape index (κ2) is 6.61. The monoisotopic (exact) mass is 370 g/mol. The molecule has 0 radical (unpaired) electrons. The lowest BCUT2D eigenvalue weighted by Gasteiger charge is -2.34. The smallest absolute Gasteiger partial charge is 0.265 e. The Kier molecular flexibility index (Phi) is 4.63. The van der Waals surface area contributed by atoms with Crippen LogP contribution in [0, 0.1) is 0 Å². The quantitative estimate of drug-likeness (QED) is 0.777. The summed E-state index contributed by atoms with van der Waals surface area (Å²) in [4.78, 5) is 15.1. The van der Waals surface area contributed by atoms with Crippen LogP contribution in [-0.4, -0.2) is 38.6 Å². The van der Waals surface area contributed by atoms with Crippen molar-refractivity contribution < 1.29 is 13.2 Å². The summed E-state index contributed by atoms with van der Waals surface area (Å²) in [5.41, 5.74) is 2.21. The summed E-state index contributed by atoms with van der Waals surface area (Å²) in [6.07, 6.45) is 1.65. The first-order valence-electron chi connectivity index (χ1n) is 8.40. The fourth-order valence-electron chi connectivity index (χ4n) is 3.06. The molecule has 0 saturated heterocycles. The molecule has 6 heteroatoms. The molecule has 1 heterocycles. The third-order valence-electron chi connectivity index (χ3n) is 4.32. The number of sulfonamides is 1. The first kappa shape index (κ1) is 18.2. The molecule has 0 amide bonds. The van der Waals surface area contributed by atoms with E-state index < -0.39 is 10.0 Å². The second-order valence-electron chi connectivity index (χ2n) is 6.74. The van der Waals surface area contributed by atoms with Gasteiger partial charge in [-0.25, -0.2) is 8.42 Å². The maximum Gasteiger partial charge on any atom is 0.265 e. The normalized spacial score (nSPS) is 17.5. The zero-order valence-corrected chi connectivity index (χ0v) is 16.1. The van der Waals surface area contributed by atoms with E-state index in [-0.39, 0.29) is 28.0 Å². The van der Waals surface area contributed by atoms with Gasteiger partial charge in [-0.15, -0.1) is 0 Å². The van der Waals surface area contributed by atoms with Crippen molar-refractivity contribution in [2.45, 2.75) is 24.8 Å². The number of allylic oxidation sites excluding steroid dienone is 1. The largest absolute Gasteiger partial charge is 0.378 e. The Hall–Kier alpha value is -2.60. The Morgan fingerprint density at radius 1 is 1.00 bits per heavy atom.